The highest BCUT2D eigenvalue weighted by molar-refractivity contribution is 6.01. The van der Waals surface area contributed by atoms with E-state index in [2.05, 4.69) is 53.0 Å². The van der Waals surface area contributed by atoms with Crippen LogP contribution in [0.25, 0.3) is 5.52 Å². The highest BCUT2D eigenvalue weighted by atomic mass is 16.5. The van der Waals surface area contributed by atoms with E-state index >= 15 is 0 Å². The van der Waals surface area contributed by atoms with Gasteiger partial charge in [0.1, 0.15) is 0 Å². The van der Waals surface area contributed by atoms with Crippen LogP contribution < -0.4 is 0 Å². The summed E-state index contributed by atoms with van der Waals surface area (Å²) in [5.41, 5.74) is 3.58. The quantitative estimate of drug-likeness (QED) is 0.774. The Balaban J connectivity index is 0.000000924. The number of hydrazone groups is 1. The van der Waals surface area contributed by atoms with E-state index in [-0.39, 0.29) is 0 Å². The molecule has 2 aromatic heterocycles. The minimum atomic E-state index is 0.425. The molecule has 4 heteroatoms. The van der Waals surface area contributed by atoms with Crippen molar-refractivity contribution in [3.05, 3.63) is 42.2 Å². The van der Waals surface area contributed by atoms with Crippen molar-refractivity contribution in [2.24, 2.45) is 5.10 Å². The van der Waals surface area contributed by atoms with Crippen LogP contribution in [0.2, 0.25) is 0 Å². The molecule has 1 atom stereocenters. The molecule has 1 fully saturated rings. The number of pyridine rings is 1. The Kier molecular flexibility index (Phi) is 6.66. The predicted octanol–water partition coefficient (Wildman–Crippen LogP) is 4.19. The number of hydrogen-bond donors (Lipinski definition) is 0. The first-order valence-electron chi connectivity index (χ1n) is 8.72. The lowest BCUT2D eigenvalue weighted by Crippen LogP contribution is -2.29. The van der Waals surface area contributed by atoms with Gasteiger partial charge in [0.2, 0.25) is 0 Å². The number of hydrogen-bond acceptors (Lipinski definition) is 3. The molecule has 0 aromatic carbocycles. The first-order valence-corrected chi connectivity index (χ1v) is 8.72. The van der Waals surface area contributed by atoms with Crippen LogP contribution >= 0.6 is 0 Å². The Bertz CT molecular complexity index is 599. The topological polar surface area (TPSA) is 29.2 Å². The molecule has 4 nitrogen and oxygen atoms in total. The summed E-state index contributed by atoms with van der Waals surface area (Å²) < 4.78 is 7.46. The van der Waals surface area contributed by atoms with Crippen molar-refractivity contribution in [2.45, 2.75) is 46.1 Å². The summed E-state index contributed by atoms with van der Waals surface area (Å²) in [7, 11) is 1.77. The Labute approximate surface area is 139 Å². The predicted molar refractivity (Wildman–Crippen MR) is 97.2 cm³/mol. The third kappa shape index (κ3) is 4.14. The maximum atomic E-state index is 5.31. The minimum Gasteiger partial charge on any atom is -0.382 e. The molecular weight excluding hydrogens is 286 g/mol. The number of methoxy groups -OCH3 is 1. The van der Waals surface area contributed by atoms with Gasteiger partial charge >= 0.3 is 0 Å². The minimum absolute atomic E-state index is 0.425. The summed E-state index contributed by atoms with van der Waals surface area (Å²) in [5, 5.41) is 7.13. The standard InChI is InChI=1S/C17H23N3O.C2H6/c1-3-17(18-20-10-6-8-16(20)13-21-2)14-11-15-7-4-5-9-19(15)12-14;1-2/h4-5,7,9,11-12,16H,3,6,8,10,13H2,1-2H3;1-2H3/b18-17+;. The second kappa shape index (κ2) is 8.73. The summed E-state index contributed by atoms with van der Waals surface area (Å²) >= 11 is 0. The van der Waals surface area contributed by atoms with Gasteiger partial charge in [-0.2, -0.15) is 5.10 Å². The first kappa shape index (κ1) is 17.5. The zero-order valence-corrected chi connectivity index (χ0v) is 14.8. The zero-order chi connectivity index (χ0) is 16.7. The van der Waals surface area contributed by atoms with Crippen LogP contribution in [0.5, 0.6) is 0 Å². The van der Waals surface area contributed by atoms with Gasteiger partial charge in [0.05, 0.1) is 18.4 Å². The lowest BCUT2D eigenvalue weighted by Gasteiger charge is -2.22. The molecule has 0 saturated carbocycles. The third-order valence-electron chi connectivity index (χ3n) is 4.13. The molecule has 1 saturated heterocycles. The zero-order valence-electron chi connectivity index (χ0n) is 14.8. The van der Waals surface area contributed by atoms with Crippen molar-refractivity contribution in [3.8, 4) is 0 Å². The van der Waals surface area contributed by atoms with Crippen molar-refractivity contribution >= 4 is 11.2 Å². The Morgan fingerprint density at radius 2 is 2.17 bits per heavy atom. The summed E-state index contributed by atoms with van der Waals surface area (Å²) in [6, 6.07) is 8.88. The molecule has 0 aliphatic carbocycles. The summed E-state index contributed by atoms with van der Waals surface area (Å²) in [4.78, 5) is 0. The van der Waals surface area contributed by atoms with Gasteiger partial charge in [-0.3, -0.25) is 5.01 Å². The molecule has 0 amide bonds. The van der Waals surface area contributed by atoms with Gasteiger partial charge in [-0.1, -0.05) is 26.8 Å². The summed E-state index contributed by atoms with van der Waals surface area (Å²) in [6.07, 6.45) is 7.56. The molecule has 2 aromatic rings. The fraction of sp³-hybridized carbons (Fsp3) is 0.526. The van der Waals surface area contributed by atoms with E-state index in [0.29, 0.717) is 6.04 Å². The van der Waals surface area contributed by atoms with Crippen molar-refractivity contribution in [2.75, 3.05) is 20.3 Å². The van der Waals surface area contributed by atoms with Crippen LogP contribution in [0.1, 0.15) is 45.6 Å². The molecule has 1 aliphatic rings. The number of nitrogens with zero attached hydrogens (tertiary/aromatic N) is 3. The molecule has 3 rings (SSSR count). The Morgan fingerprint density at radius 3 is 2.87 bits per heavy atom. The van der Waals surface area contributed by atoms with Gasteiger partial charge in [0.15, 0.2) is 0 Å². The maximum Gasteiger partial charge on any atom is 0.0704 e. The number of ether oxygens (including phenoxy) is 1. The normalized spacial score (nSPS) is 18.2. The maximum absolute atomic E-state index is 5.31. The lowest BCUT2D eigenvalue weighted by atomic mass is 10.1. The fourth-order valence-corrected chi connectivity index (χ4v) is 3.01. The van der Waals surface area contributed by atoms with Crippen molar-refractivity contribution in [1.82, 2.24) is 9.41 Å². The molecule has 1 aliphatic heterocycles. The van der Waals surface area contributed by atoms with Crippen LogP contribution in [-0.2, 0) is 4.74 Å². The number of rotatable bonds is 5. The third-order valence-corrected chi connectivity index (χ3v) is 4.13. The van der Waals surface area contributed by atoms with Crippen molar-refractivity contribution < 1.29 is 4.74 Å². The van der Waals surface area contributed by atoms with Crippen LogP contribution in [0.3, 0.4) is 0 Å². The lowest BCUT2D eigenvalue weighted by molar-refractivity contribution is 0.118. The molecular formula is C19H29N3O. The molecule has 0 spiro atoms. The number of fused-ring (bicyclic) bond motifs is 1. The fourth-order valence-electron chi connectivity index (χ4n) is 3.01. The van der Waals surface area contributed by atoms with Crippen LogP contribution in [-0.4, -0.2) is 41.4 Å². The second-order valence-corrected chi connectivity index (χ2v) is 5.58. The smallest absolute Gasteiger partial charge is 0.0704 e. The van der Waals surface area contributed by atoms with E-state index in [4.69, 9.17) is 9.84 Å². The highest BCUT2D eigenvalue weighted by Crippen LogP contribution is 2.20. The average Bonchev–Trinajstić information content (AvgIpc) is 3.21. The second-order valence-electron chi connectivity index (χ2n) is 5.58. The highest BCUT2D eigenvalue weighted by Gasteiger charge is 2.23. The molecule has 0 bridgehead atoms. The molecule has 126 valence electrons. The van der Waals surface area contributed by atoms with E-state index in [0.717, 1.165) is 25.3 Å². The average molecular weight is 315 g/mol. The van der Waals surface area contributed by atoms with E-state index in [1.54, 1.807) is 7.11 Å². The van der Waals surface area contributed by atoms with E-state index < -0.39 is 0 Å². The van der Waals surface area contributed by atoms with Gasteiger partial charge in [0, 0.05) is 37.1 Å². The van der Waals surface area contributed by atoms with Gasteiger partial charge in [-0.25, -0.2) is 0 Å². The van der Waals surface area contributed by atoms with Crippen molar-refractivity contribution in [1.29, 1.82) is 0 Å². The Hall–Kier alpha value is -1.81. The molecule has 0 radical (unpaired) electrons. The van der Waals surface area contributed by atoms with Gasteiger partial charge in [-0.15, -0.1) is 0 Å². The monoisotopic (exact) mass is 315 g/mol. The Morgan fingerprint density at radius 1 is 1.35 bits per heavy atom. The van der Waals surface area contributed by atoms with Crippen molar-refractivity contribution in [3.63, 3.8) is 0 Å². The summed E-state index contributed by atoms with van der Waals surface area (Å²) in [6.45, 7) is 7.96. The largest absolute Gasteiger partial charge is 0.382 e. The van der Waals surface area contributed by atoms with E-state index in [9.17, 15) is 0 Å². The molecule has 3 heterocycles. The molecule has 0 N–H and O–H groups in total. The number of aromatic nitrogens is 1. The SMILES string of the molecule is CC.CC/C(=N\N1CCCC1COC)c1cc2ccccn2c1. The van der Waals surface area contributed by atoms with Gasteiger partial charge in [0.25, 0.3) is 0 Å². The van der Waals surface area contributed by atoms with Gasteiger partial charge < -0.3 is 9.14 Å². The van der Waals surface area contributed by atoms with Crippen LogP contribution in [0.4, 0.5) is 0 Å². The first-order chi connectivity index (χ1) is 11.3. The molecule has 1 unspecified atom stereocenters. The molecule has 23 heavy (non-hydrogen) atoms. The van der Waals surface area contributed by atoms with E-state index in [1.165, 1.54) is 23.9 Å². The van der Waals surface area contributed by atoms with Crippen LogP contribution in [0, 0.1) is 0 Å². The van der Waals surface area contributed by atoms with Crippen LogP contribution in [0.15, 0.2) is 41.8 Å². The van der Waals surface area contributed by atoms with E-state index in [1.807, 2.05) is 13.8 Å². The van der Waals surface area contributed by atoms with Gasteiger partial charge in [-0.05, 0) is 37.5 Å². The summed E-state index contributed by atoms with van der Waals surface area (Å²) in [5.74, 6) is 0.